The molecule has 1 amide bonds. The van der Waals surface area contributed by atoms with Gasteiger partial charge in [-0.25, -0.2) is 0 Å². The van der Waals surface area contributed by atoms with Crippen molar-refractivity contribution >= 4 is 17.3 Å². The number of benzene rings is 1. The molecule has 1 aromatic rings. The molecule has 0 saturated carbocycles. The average molecular weight is 219 g/mol. The number of hydrogen-bond donors (Lipinski definition) is 2. The summed E-state index contributed by atoms with van der Waals surface area (Å²) in [7, 11) is 0. The Morgan fingerprint density at radius 1 is 1.31 bits per heavy atom. The summed E-state index contributed by atoms with van der Waals surface area (Å²) in [5.41, 5.74) is 14.1. The molecule has 0 radical (unpaired) electrons. The Morgan fingerprint density at radius 2 is 2.12 bits per heavy atom. The van der Waals surface area contributed by atoms with Crippen LogP contribution in [0.3, 0.4) is 0 Å². The third-order valence-electron chi connectivity index (χ3n) is 2.89. The summed E-state index contributed by atoms with van der Waals surface area (Å²) in [6, 6.07) is 5.72. The quantitative estimate of drug-likeness (QED) is 0.742. The maximum atomic E-state index is 11.8. The fraction of sp³-hybridized carbons (Fsp3) is 0.417. The second-order valence-electron chi connectivity index (χ2n) is 4.08. The molecule has 1 aliphatic rings. The Bertz CT molecular complexity index is 403. The zero-order valence-electron chi connectivity index (χ0n) is 9.28. The van der Waals surface area contributed by atoms with Gasteiger partial charge in [0.15, 0.2) is 0 Å². The highest BCUT2D eigenvalue weighted by Crippen LogP contribution is 2.29. The second kappa shape index (κ2) is 4.53. The Morgan fingerprint density at radius 3 is 2.88 bits per heavy atom. The third kappa shape index (κ3) is 2.02. The summed E-state index contributed by atoms with van der Waals surface area (Å²) < 4.78 is 0. The number of rotatable bonds is 3. The number of anilines is 2. The van der Waals surface area contributed by atoms with Gasteiger partial charge in [0.1, 0.15) is 0 Å². The first kappa shape index (κ1) is 11.0. The molecule has 4 heteroatoms. The Kier molecular flexibility index (Phi) is 3.10. The van der Waals surface area contributed by atoms with Gasteiger partial charge in [0.05, 0.1) is 0 Å². The third-order valence-corrected chi connectivity index (χ3v) is 2.89. The summed E-state index contributed by atoms with van der Waals surface area (Å²) in [6.45, 7) is 1.31. The Labute approximate surface area is 95.2 Å². The van der Waals surface area contributed by atoms with Crippen molar-refractivity contribution < 1.29 is 4.79 Å². The van der Waals surface area contributed by atoms with E-state index in [9.17, 15) is 4.79 Å². The van der Waals surface area contributed by atoms with Crippen molar-refractivity contribution in [3.05, 3.63) is 23.8 Å². The molecule has 1 aliphatic heterocycles. The SMILES string of the molecule is NCCCN1C(=O)CCc2cc(N)ccc21. The second-order valence-corrected chi connectivity index (χ2v) is 4.08. The molecule has 0 spiro atoms. The minimum absolute atomic E-state index is 0.186. The van der Waals surface area contributed by atoms with Crippen molar-refractivity contribution in [3.8, 4) is 0 Å². The molecule has 0 unspecified atom stereocenters. The molecular formula is C12H17N3O. The molecule has 0 bridgehead atoms. The van der Waals surface area contributed by atoms with Crippen molar-refractivity contribution in [2.45, 2.75) is 19.3 Å². The zero-order valence-corrected chi connectivity index (χ0v) is 9.28. The topological polar surface area (TPSA) is 72.3 Å². The molecule has 0 aromatic heterocycles. The lowest BCUT2D eigenvalue weighted by Crippen LogP contribution is -2.36. The monoisotopic (exact) mass is 219 g/mol. The van der Waals surface area contributed by atoms with Crippen LogP contribution < -0.4 is 16.4 Å². The number of nitrogens with two attached hydrogens (primary N) is 2. The first-order valence-corrected chi connectivity index (χ1v) is 5.61. The van der Waals surface area contributed by atoms with Crippen LogP contribution in [0.2, 0.25) is 0 Å². The molecular weight excluding hydrogens is 202 g/mol. The van der Waals surface area contributed by atoms with Crippen LogP contribution >= 0.6 is 0 Å². The van der Waals surface area contributed by atoms with Gasteiger partial charge in [-0.05, 0) is 43.1 Å². The zero-order chi connectivity index (χ0) is 11.5. The van der Waals surface area contributed by atoms with Crippen LogP contribution in [-0.4, -0.2) is 19.0 Å². The van der Waals surface area contributed by atoms with Gasteiger partial charge in [0.25, 0.3) is 0 Å². The summed E-state index contributed by atoms with van der Waals surface area (Å²) in [5.74, 6) is 0.186. The standard InChI is InChI=1S/C12H17N3O/c13-6-1-7-15-11-4-3-10(14)8-9(11)2-5-12(15)16/h3-4,8H,1-2,5-7,13-14H2. The van der Waals surface area contributed by atoms with Gasteiger partial charge in [-0.15, -0.1) is 0 Å². The van der Waals surface area contributed by atoms with Gasteiger partial charge in [0, 0.05) is 24.3 Å². The molecule has 0 saturated heterocycles. The number of carbonyl (C=O) groups excluding carboxylic acids is 1. The van der Waals surface area contributed by atoms with E-state index >= 15 is 0 Å². The van der Waals surface area contributed by atoms with Crippen molar-refractivity contribution in [3.63, 3.8) is 0 Å². The van der Waals surface area contributed by atoms with E-state index < -0.39 is 0 Å². The van der Waals surface area contributed by atoms with Crippen LogP contribution in [0.5, 0.6) is 0 Å². The van der Waals surface area contributed by atoms with Gasteiger partial charge < -0.3 is 16.4 Å². The molecule has 0 aliphatic carbocycles. The van der Waals surface area contributed by atoms with E-state index in [0.717, 1.165) is 29.8 Å². The summed E-state index contributed by atoms with van der Waals surface area (Å²) in [6.07, 6.45) is 2.19. The van der Waals surface area contributed by atoms with Crippen molar-refractivity contribution in [2.75, 3.05) is 23.7 Å². The fourth-order valence-electron chi connectivity index (χ4n) is 2.07. The molecule has 2 rings (SSSR count). The number of nitrogens with zero attached hydrogens (tertiary/aromatic N) is 1. The van der Waals surface area contributed by atoms with Crippen molar-refractivity contribution in [1.82, 2.24) is 0 Å². The highest BCUT2D eigenvalue weighted by Gasteiger charge is 2.23. The Hall–Kier alpha value is -1.55. The summed E-state index contributed by atoms with van der Waals surface area (Å²) in [5, 5.41) is 0. The van der Waals surface area contributed by atoms with Crippen LogP contribution in [0.15, 0.2) is 18.2 Å². The maximum absolute atomic E-state index is 11.8. The number of aryl methyl sites for hydroxylation is 1. The van der Waals surface area contributed by atoms with Crippen LogP contribution in [0.4, 0.5) is 11.4 Å². The maximum Gasteiger partial charge on any atom is 0.227 e. The van der Waals surface area contributed by atoms with Gasteiger partial charge in [-0.3, -0.25) is 4.79 Å². The smallest absolute Gasteiger partial charge is 0.227 e. The van der Waals surface area contributed by atoms with Gasteiger partial charge in [-0.2, -0.15) is 0 Å². The minimum Gasteiger partial charge on any atom is -0.399 e. The number of hydrogen-bond acceptors (Lipinski definition) is 3. The number of nitrogen functional groups attached to an aromatic ring is 1. The lowest BCUT2D eigenvalue weighted by Gasteiger charge is -2.29. The predicted octanol–water partition coefficient (Wildman–Crippen LogP) is 0.897. The minimum atomic E-state index is 0.186. The Balaban J connectivity index is 2.29. The first-order valence-electron chi connectivity index (χ1n) is 5.61. The van der Waals surface area contributed by atoms with Crippen LogP contribution in [-0.2, 0) is 11.2 Å². The van der Waals surface area contributed by atoms with Gasteiger partial charge in [0.2, 0.25) is 5.91 Å². The van der Waals surface area contributed by atoms with E-state index in [2.05, 4.69) is 0 Å². The molecule has 86 valence electrons. The van der Waals surface area contributed by atoms with E-state index in [1.807, 2.05) is 23.1 Å². The molecule has 16 heavy (non-hydrogen) atoms. The van der Waals surface area contributed by atoms with Crippen LogP contribution in [0, 0.1) is 0 Å². The normalized spacial score (nSPS) is 15.1. The molecule has 4 nitrogen and oxygen atoms in total. The van der Waals surface area contributed by atoms with Crippen LogP contribution in [0.25, 0.3) is 0 Å². The largest absolute Gasteiger partial charge is 0.399 e. The van der Waals surface area contributed by atoms with Crippen molar-refractivity contribution in [2.24, 2.45) is 5.73 Å². The summed E-state index contributed by atoms with van der Waals surface area (Å²) >= 11 is 0. The van der Waals surface area contributed by atoms with E-state index in [1.165, 1.54) is 0 Å². The van der Waals surface area contributed by atoms with Crippen molar-refractivity contribution in [1.29, 1.82) is 0 Å². The number of amides is 1. The van der Waals surface area contributed by atoms with E-state index in [1.54, 1.807) is 0 Å². The number of fused-ring (bicyclic) bond motifs is 1. The van der Waals surface area contributed by atoms with Gasteiger partial charge in [-0.1, -0.05) is 0 Å². The highest BCUT2D eigenvalue weighted by molar-refractivity contribution is 5.96. The molecule has 1 aromatic carbocycles. The van der Waals surface area contributed by atoms with E-state index in [4.69, 9.17) is 11.5 Å². The molecule has 0 fully saturated rings. The van der Waals surface area contributed by atoms with Crippen LogP contribution in [0.1, 0.15) is 18.4 Å². The van der Waals surface area contributed by atoms with E-state index in [0.29, 0.717) is 19.5 Å². The molecule has 4 N–H and O–H groups in total. The molecule has 0 atom stereocenters. The fourth-order valence-corrected chi connectivity index (χ4v) is 2.07. The summed E-state index contributed by atoms with van der Waals surface area (Å²) in [4.78, 5) is 13.6. The lowest BCUT2D eigenvalue weighted by atomic mass is 10.0. The average Bonchev–Trinajstić information content (AvgIpc) is 2.28. The predicted molar refractivity (Wildman–Crippen MR) is 65.2 cm³/mol. The highest BCUT2D eigenvalue weighted by atomic mass is 16.2. The lowest BCUT2D eigenvalue weighted by molar-refractivity contribution is -0.118. The molecule has 1 heterocycles. The number of carbonyl (C=O) groups is 1. The van der Waals surface area contributed by atoms with Gasteiger partial charge >= 0.3 is 0 Å². The van der Waals surface area contributed by atoms with E-state index in [-0.39, 0.29) is 5.91 Å². The first-order chi connectivity index (χ1) is 7.72.